The molecule has 2 bridgehead atoms. The van der Waals surface area contributed by atoms with Crippen molar-refractivity contribution in [2.75, 3.05) is 13.7 Å². The van der Waals surface area contributed by atoms with Gasteiger partial charge in [0.2, 0.25) is 5.78 Å². The van der Waals surface area contributed by atoms with E-state index in [0.29, 0.717) is 23.8 Å². The first kappa shape index (κ1) is 21.7. The van der Waals surface area contributed by atoms with Crippen LogP contribution in [0.1, 0.15) is 59.4 Å². The van der Waals surface area contributed by atoms with Crippen LogP contribution in [0, 0.1) is 31.6 Å². The van der Waals surface area contributed by atoms with Crippen LogP contribution in [0.25, 0.3) is 0 Å². The number of aromatic nitrogens is 1. The summed E-state index contributed by atoms with van der Waals surface area (Å²) in [5.74, 6) is 2.47. The summed E-state index contributed by atoms with van der Waals surface area (Å²) in [6.07, 6.45) is 6.34. The van der Waals surface area contributed by atoms with Crippen LogP contribution in [0.15, 0.2) is 30.3 Å². The zero-order chi connectivity index (χ0) is 22.0. The lowest BCUT2D eigenvalue weighted by Gasteiger charge is -2.20. The van der Waals surface area contributed by atoms with E-state index in [4.69, 9.17) is 9.47 Å². The fourth-order valence-electron chi connectivity index (χ4n) is 5.58. The molecule has 5 nitrogen and oxygen atoms in total. The van der Waals surface area contributed by atoms with Gasteiger partial charge in [0.15, 0.2) is 6.61 Å². The number of carbonyl (C=O) groups excluding carboxylic acids is 2. The lowest BCUT2D eigenvalue weighted by atomic mass is 9.86. The Kier molecular flexibility index (Phi) is 6.49. The highest BCUT2D eigenvalue weighted by Crippen LogP contribution is 2.49. The van der Waals surface area contributed by atoms with Crippen molar-refractivity contribution in [1.82, 2.24) is 4.57 Å². The Morgan fingerprint density at radius 1 is 1.10 bits per heavy atom. The van der Waals surface area contributed by atoms with Gasteiger partial charge in [-0.25, -0.2) is 0 Å². The predicted molar refractivity (Wildman–Crippen MR) is 119 cm³/mol. The molecule has 4 rings (SSSR count). The fraction of sp³-hybridized carbons (Fsp3) is 0.538. The molecule has 1 aromatic heterocycles. The molecule has 1 heterocycles. The summed E-state index contributed by atoms with van der Waals surface area (Å²) in [6, 6.07) is 9.97. The highest BCUT2D eigenvalue weighted by Gasteiger charge is 2.40. The molecule has 2 aromatic rings. The molecule has 0 unspecified atom stereocenters. The number of esters is 1. The average molecular weight is 424 g/mol. The van der Waals surface area contributed by atoms with E-state index in [2.05, 4.69) is 16.7 Å². The molecule has 1 aromatic carbocycles. The number of hydrogen-bond acceptors (Lipinski definition) is 4. The van der Waals surface area contributed by atoms with Crippen LogP contribution in [-0.2, 0) is 22.5 Å². The zero-order valence-corrected chi connectivity index (χ0v) is 18.9. The molecule has 2 aliphatic carbocycles. The van der Waals surface area contributed by atoms with Crippen molar-refractivity contribution < 1.29 is 19.1 Å². The number of aryl methyl sites for hydroxylation is 2. The lowest BCUT2D eigenvalue weighted by molar-refractivity contribution is -0.144. The van der Waals surface area contributed by atoms with Crippen molar-refractivity contribution in [3.63, 3.8) is 0 Å². The van der Waals surface area contributed by atoms with E-state index in [9.17, 15) is 9.59 Å². The third kappa shape index (κ3) is 4.86. The topological polar surface area (TPSA) is 57.5 Å². The van der Waals surface area contributed by atoms with E-state index < -0.39 is 0 Å². The normalized spacial score (nSPS) is 22.0. The van der Waals surface area contributed by atoms with Crippen molar-refractivity contribution in [2.24, 2.45) is 17.8 Å². The van der Waals surface area contributed by atoms with Crippen LogP contribution < -0.4 is 4.74 Å². The van der Waals surface area contributed by atoms with E-state index >= 15 is 0 Å². The standard InChI is InChI=1S/C26H33NO4/c1-17-12-24(18(2)27(17)11-10-19-5-8-23(30-3)9-6-19)25(28)16-31-26(29)15-22-14-20-4-7-21(22)13-20/h5-6,8-9,12,20-22H,4,7,10-11,13-16H2,1-3H3/t20-,21+,22+/m0/s1. The van der Waals surface area contributed by atoms with Gasteiger partial charge in [0.25, 0.3) is 0 Å². The summed E-state index contributed by atoms with van der Waals surface area (Å²) in [4.78, 5) is 25.0. The van der Waals surface area contributed by atoms with Gasteiger partial charge < -0.3 is 14.0 Å². The van der Waals surface area contributed by atoms with E-state index in [0.717, 1.165) is 42.4 Å². The number of ketones is 1. The van der Waals surface area contributed by atoms with Crippen LogP contribution in [0.4, 0.5) is 0 Å². The summed E-state index contributed by atoms with van der Waals surface area (Å²) < 4.78 is 12.7. The zero-order valence-electron chi connectivity index (χ0n) is 18.9. The van der Waals surface area contributed by atoms with Crippen LogP contribution >= 0.6 is 0 Å². The van der Waals surface area contributed by atoms with E-state index in [1.165, 1.54) is 24.8 Å². The molecular formula is C26H33NO4. The molecule has 166 valence electrons. The molecular weight excluding hydrogens is 390 g/mol. The van der Waals surface area contributed by atoms with E-state index in [-0.39, 0.29) is 18.4 Å². The van der Waals surface area contributed by atoms with Gasteiger partial charge in [-0.1, -0.05) is 18.6 Å². The minimum absolute atomic E-state index is 0.120. The fourth-order valence-corrected chi connectivity index (χ4v) is 5.58. The Balaban J connectivity index is 1.30. The number of rotatable bonds is 9. The number of Topliss-reactive ketones (excluding diaryl/α,β-unsaturated/α-hetero) is 1. The average Bonchev–Trinajstić information content (AvgIpc) is 3.46. The lowest BCUT2D eigenvalue weighted by Crippen LogP contribution is -2.20. The maximum absolute atomic E-state index is 12.7. The van der Waals surface area contributed by atoms with Crippen molar-refractivity contribution in [3.8, 4) is 5.75 Å². The Bertz CT molecular complexity index is 943. The van der Waals surface area contributed by atoms with E-state index in [1.54, 1.807) is 7.11 Å². The largest absolute Gasteiger partial charge is 0.497 e. The van der Waals surface area contributed by atoms with Crippen molar-refractivity contribution in [1.29, 1.82) is 0 Å². The molecule has 3 atom stereocenters. The van der Waals surface area contributed by atoms with Gasteiger partial charge in [-0.05, 0) is 81.0 Å². The molecule has 0 N–H and O–H groups in total. The molecule has 0 saturated heterocycles. The first-order valence-electron chi connectivity index (χ1n) is 11.4. The first-order valence-corrected chi connectivity index (χ1v) is 11.4. The summed E-state index contributed by atoms with van der Waals surface area (Å²) in [5.41, 5.74) is 3.85. The highest BCUT2D eigenvalue weighted by atomic mass is 16.5. The monoisotopic (exact) mass is 423 g/mol. The second-order valence-corrected chi connectivity index (χ2v) is 9.26. The molecule has 2 aliphatic rings. The summed E-state index contributed by atoms with van der Waals surface area (Å²) in [7, 11) is 1.66. The third-order valence-corrected chi connectivity index (χ3v) is 7.33. The number of benzene rings is 1. The number of fused-ring (bicyclic) bond motifs is 2. The van der Waals surface area contributed by atoms with Gasteiger partial charge in [-0.3, -0.25) is 9.59 Å². The van der Waals surface area contributed by atoms with Crippen LogP contribution in [0.2, 0.25) is 0 Å². The summed E-state index contributed by atoms with van der Waals surface area (Å²) >= 11 is 0. The Morgan fingerprint density at radius 2 is 1.87 bits per heavy atom. The molecule has 31 heavy (non-hydrogen) atoms. The summed E-state index contributed by atoms with van der Waals surface area (Å²) in [6.45, 7) is 4.61. The second-order valence-electron chi connectivity index (χ2n) is 9.26. The van der Waals surface area contributed by atoms with Crippen molar-refractivity contribution in [2.45, 2.75) is 58.9 Å². The third-order valence-electron chi connectivity index (χ3n) is 7.33. The van der Waals surface area contributed by atoms with Gasteiger partial charge in [0, 0.05) is 29.9 Å². The van der Waals surface area contributed by atoms with Crippen molar-refractivity contribution >= 4 is 11.8 Å². The molecule has 0 spiro atoms. The number of methoxy groups -OCH3 is 1. The molecule has 0 aliphatic heterocycles. The number of hydrogen-bond donors (Lipinski definition) is 0. The van der Waals surface area contributed by atoms with Gasteiger partial charge in [-0.15, -0.1) is 0 Å². The predicted octanol–water partition coefficient (Wildman–Crippen LogP) is 4.91. The van der Waals surface area contributed by atoms with Gasteiger partial charge in [0.05, 0.1) is 7.11 Å². The van der Waals surface area contributed by atoms with Crippen molar-refractivity contribution in [3.05, 3.63) is 52.8 Å². The second kappa shape index (κ2) is 9.29. The Hall–Kier alpha value is -2.56. The first-order chi connectivity index (χ1) is 14.9. The maximum Gasteiger partial charge on any atom is 0.306 e. The minimum atomic E-state index is -0.223. The SMILES string of the molecule is COc1ccc(CCn2c(C)cc(C(=O)COC(=O)C[C@H]3C[C@H]4CC[C@@H]3C4)c2C)cc1. The molecule has 2 saturated carbocycles. The molecule has 2 fully saturated rings. The number of carbonyl (C=O) groups is 2. The summed E-state index contributed by atoms with van der Waals surface area (Å²) in [5, 5.41) is 0. The smallest absolute Gasteiger partial charge is 0.306 e. The van der Waals surface area contributed by atoms with E-state index in [1.807, 2.05) is 32.0 Å². The molecule has 0 amide bonds. The number of nitrogens with zero attached hydrogens (tertiary/aromatic N) is 1. The van der Waals surface area contributed by atoms with Crippen LogP contribution in [0.3, 0.4) is 0 Å². The molecule has 5 heteroatoms. The Labute approximate surface area is 184 Å². The Morgan fingerprint density at radius 3 is 2.52 bits per heavy atom. The minimum Gasteiger partial charge on any atom is -0.497 e. The van der Waals surface area contributed by atoms with Crippen LogP contribution in [0.5, 0.6) is 5.75 Å². The van der Waals surface area contributed by atoms with Gasteiger partial charge in [-0.2, -0.15) is 0 Å². The van der Waals surface area contributed by atoms with Gasteiger partial charge >= 0.3 is 5.97 Å². The van der Waals surface area contributed by atoms with Crippen LogP contribution in [-0.4, -0.2) is 30.0 Å². The maximum atomic E-state index is 12.7. The number of ether oxygens (including phenoxy) is 2. The highest BCUT2D eigenvalue weighted by molar-refractivity contribution is 5.99. The van der Waals surface area contributed by atoms with Gasteiger partial charge in [0.1, 0.15) is 5.75 Å². The quantitative estimate of drug-likeness (QED) is 0.425. The molecule has 0 radical (unpaired) electrons.